The number of anilines is 2. The minimum Gasteiger partial charge on any atom is -0.308 e. The fourth-order valence-corrected chi connectivity index (χ4v) is 3.36. The lowest BCUT2D eigenvalue weighted by molar-refractivity contribution is 0.262. The highest BCUT2D eigenvalue weighted by atomic mass is 35.5. The molecule has 0 aliphatic heterocycles. The summed E-state index contributed by atoms with van der Waals surface area (Å²) >= 11 is 7.05. The first kappa shape index (κ1) is 18.3. The van der Waals surface area contributed by atoms with E-state index in [-0.39, 0.29) is 4.90 Å². The van der Waals surface area contributed by atoms with Gasteiger partial charge in [0.2, 0.25) is 15.2 Å². The number of benzene rings is 2. The number of halogens is 1. The number of amides is 2. The number of carbonyl (C=O) groups excluding carboxylic acids is 1. The van der Waals surface area contributed by atoms with Crippen molar-refractivity contribution in [3.8, 4) is 10.6 Å². The minimum absolute atomic E-state index is 0.0415. The van der Waals surface area contributed by atoms with Gasteiger partial charge in [-0.3, -0.25) is 5.32 Å². The van der Waals surface area contributed by atoms with Crippen molar-refractivity contribution >= 4 is 49.8 Å². The maximum atomic E-state index is 12.0. The van der Waals surface area contributed by atoms with Crippen molar-refractivity contribution in [1.29, 1.82) is 0 Å². The zero-order chi connectivity index (χ0) is 18.7. The Morgan fingerprint density at radius 3 is 2.27 bits per heavy atom. The first-order valence-corrected chi connectivity index (χ1v) is 9.86. The Balaban J connectivity index is 1.64. The highest BCUT2D eigenvalue weighted by molar-refractivity contribution is 7.89. The molecule has 4 N–H and O–H groups in total. The van der Waals surface area contributed by atoms with Crippen LogP contribution >= 0.6 is 22.9 Å². The number of primary sulfonamides is 1. The van der Waals surface area contributed by atoms with Gasteiger partial charge in [0, 0.05) is 16.3 Å². The average Bonchev–Trinajstić information content (AvgIpc) is 3.03. The Labute approximate surface area is 158 Å². The van der Waals surface area contributed by atoms with E-state index in [0.717, 1.165) is 5.56 Å². The van der Waals surface area contributed by atoms with Gasteiger partial charge in [0.15, 0.2) is 0 Å². The van der Waals surface area contributed by atoms with Gasteiger partial charge in [-0.2, -0.15) is 0 Å². The summed E-state index contributed by atoms with van der Waals surface area (Å²) in [6, 6.07) is 12.0. The second-order valence-electron chi connectivity index (χ2n) is 5.07. The monoisotopic (exact) mass is 409 g/mol. The third-order valence-electron chi connectivity index (χ3n) is 3.18. The Morgan fingerprint density at radius 1 is 1.00 bits per heavy atom. The number of sulfonamides is 1. The maximum absolute atomic E-state index is 12.0. The fourth-order valence-electron chi connectivity index (χ4n) is 1.97. The highest BCUT2D eigenvalue weighted by Crippen LogP contribution is 2.27. The first-order valence-electron chi connectivity index (χ1n) is 7.11. The molecule has 0 saturated carbocycles. The summed E-state index contributed by atoms with van der Waals surface area (Å²) < 4.78 is 22.4. The maximum Gasteiger partial charge on any atom is 0.325 e. The standard InChI is InChI=1S/C15H12ClN5O3S2/c16-10-3-1-9(2-4-10)13-20-21-15(25-13)19-14(22)18-11-5-7-12(8-6-11)26(17,23)24/h1-8H,(H2,17,23,24)(H2,18,19,21,22). The van der Waals surface area contributed by atoms with Gasteiger partial charge >= 0.3 is 6.03 Å². The summed E-state index contributed by atoms with van der Waals surface area (Å²) in [5.41, 5.74) is 1.23. The van der Waals surface area contributed by atoms with Crippen LogP contribution in [0, 0.1) is 0 Å². The lowest BCUT2D eigenvalue weighted by Crippen LogP contribution is -2.19. The quantitative estimate of drug-likeness (QED) is 0.609. The lowest BCUT2D eigenvalue weighted by atomic mass is 10.2. The van der Waals surface area contributed by atoms with Crippen molar-refractivity contribution < 1.29 is 13.2 Å². The van der Waals surface area contributed by atoms with Crippen LogP contribution in [-0.4, -0.2) is 24.6 Å². The number of hydrogen-bond donors (Lipinski definition) is 3. The number of rotatable bonds is 4. The number of nitrogens with two attached hydrogens (primary N) is 1. The van der Waals surface area contributed by atoms with E-state index in [4.69, 9.17) is 16.7 Å². The lowest BCUT2D eigenvalue weighted by Gasteiger charge is -2.05. The smallest absolute Gasteiger partial charge is 0.308 e. The SMILES string of the molecule is NS(=O)(=O)c1ccc(NC(=O)Nc2nnc(-c3ccc(Cl)cc3)s2)cc1. The Morgan fingerprint density at radius 2 is 1.65 bits per heavy atom. The zero-order valence-electron chi connectivity index (χ0n) is 13.0. The average molecular weight is 410 g/mol. The predicted octanol–water partition coefficient (Wildman–Crippen LogP) is 3.15. The molecule has 0 bridgehead atoms. The molecule has 0 saturated heterocycles. The van der Waals surface area contributed by atoms with Crippen LogP contribution in [0.3, 0.4) is 0 Å². The van der Waals surface area contributed by atoms with Crippen molar-refractivity contribution in [2.45, 2.75) is 4.90 Å². The summed E-state index contributed by atoms with van der Waals surface area (Å²) in [6.07, 6.45) is 0. The van der Waals surface area contributed by atoms with Crippen LogP contribution in [0.2, 0.25) is 5.02 Å². The molecule has 0 spiro atoms. The number of nitrogens with zero attached hydrogens (tertiary/aromatic N) is 2. The number of carbonyl (C=O) groups is 1. The molecule has 0 fully saturated rings. The molecule has 0 unspecified atom stereocenters. The van der Waals surface area contributed by atoms with E-state index in [2.05, 4.69) is 20.8 Å². The van der Waals surface area contributed by atoms with Gasteiger partial charge in [-0.25, -0.2) is 18.4 Å². The van der Waals surface area contributed by atoms with Crippen molar-refractivity contribution in [3.63, 3.8) is 0 Å². The van der Waals surface area contributed by atoms with E-state index in [9.17, 15) is 13.2 Å². The largest absolute Gasteiger partial charge is 0.325 e. The summed E-state index contributed by atoms with van der Waals surface area (Å²) in [6.45, 7) is 0. The molecule has 3 aromatic rings. The van der Waals surface area contributed by atoms with Crippen molar-refractivity contribution in [3.05, 3.63) is 53.6 Å². The van der Waals surface area contributed by atoms with Crippen LogP contribution < -0.4 is 15.8 Å². The molecule has 26 heavy (non-hydrogen) atoms. The molecule has 8 nitrogen and oxygen atoms in total. The summed E-state index contributed by atoms with van der Waals surface area (Å²) in [5.74, 6) is 0. The third kappa shape index (κ3) is 4.55. The Kier molecular flexibility index (Phi) is 5.18. The summed E-state index contributed by atoms with van der Waals surface area (Å²) in [5, 5.41) is 19.6. The van der Waals surface area contributed by atoms with Crippen LogP contribution in [0.1, 0.15) is 0 Å². The topological polar surface area (TPSA) is 127 Å². The molecule has 0 radical (unpaired) electrons. The molecule has 0 aliphatic carbocycles. The summed E-state index contributed by atoms with van der Waals surface area (Å²) in [4.78, 5) is 12.0. The highest BCUT2D eigenvalue weighted by Gasteiger charge is 2.11. The molecular formula is C15H12ClN5O3S2. The van der Waals surface area contributed by atoms with E-state index in [1.807, 2.05) is 0 Å². The number of urea groups is 1. The van der Waals surface area contributed by atoms with Crippen LogP contribution in [0.5, 0.6) is 0 Å². The van der Waals surface area contributed by atoms with Crippen LogP contribution in [0.25, 0.3) is 10.6 Å². The zero-order valence-corrected chi connectivity index (χ0v) is 15.4. The van der Waals surface area contributed by atoms with E-state index in [0.29, 0.717) is 20.8 Å². The van der Waals surface area contributed by atoms with Crippen molar-refractivity contribution in [2.24, 2.45) is 5.14 Å². The van der Waals surface area contributed by atoms with Crippen molar-refractivity contribution in [2.75, 3.05) is 10.6 Å². The second kappa shape index (κ2) is 7.38. The van der Waals surface area contributed by atoms with Gasteiger partial charge in [0.05, 0.1) is 4.90 Å². The van der Waals surface area contributed by atoms with Gasteiger partial charge in [-0.05, 0) is 36.4 Å². The van der Waals surface area contributed by atoms with Gasteiger partial charge < -0.3 is 5.32 Å². The molecule has 3 rings (SSSR count). The van der Waals surface area contributed by atoms with E-state index >= 15 is 0 Å². The van der Waals surface area contributed by atoms with Gasteiger partial charge in [0.25, 0.3) is 0 Å². The van der Waals surface area contributed by atoms with E-state index < -0.39 is 16.1 Å². The molecule has 2 aromatic carbocycles. The van der Waals surface area contributed by atoms with E-state index in [1.54, 1.807) is 24.3 Å². The first-order chi connectivity index (χ1) is 12.3. The minimum atomic E-state index is -3.78. The molecule has 134 valence electrons. The molecule has 2 amide bonds. The summed E-state index contributed by atoms with van der Waals surface area (Å²) in [7, 11) is -3.78. The van der Waals surface area contributed by atoms with E-state index in [1.165, 1.54) is 35.6 Å². The van der Waals surface area contributed by atoms with Crippen molar-refractivity contribution in [1.82, 2.24) is 10.2 Å². The fraction of sp³-hybridized carbons (Fsp3) is 0. The predicted molar refractivity (Wildman–Crippen MR) is 101 cm³/mol. The van der Waals surface area contributed by atoms with Crippen LogP contribution in [-0.2, 0) is 10.0 Å². The molecule has 11 heteroatoms. The number of nitrogens with one attached hydrogen (secondary N) is 2. The van der Waals surface area contributed by atoms with Crippen LogP contribution in [0.4, 0.5) is 15.6 Å². The second-order valence-corrected chi connectivity index (χ2v) is 8.04. The third-order valence-corrected chi connectivity index (χ3v) is 5.25. The normalized spacial score (nSPS) is 11.2. The molecule has 1 heterocycles. The Bertz CT molecular complexity index is 1030. The molecular weight excluding hydrogens is 398 g/mol. The van der Waals surface area contributed by atoms with Gasteiger partial charge in [-0.1, -0.05) is 35.1 Å². The molecule has 0 aliphatic rings. The van der Waals surface area contributed by atoms with Crippen LogP contribution in [0.15, 0.2) is 53.4 Å². The number of hydrogen-bond acceptors (Lipinski definition) is 6. The van der Waals surface area contributed by atoms with Gasteiger partial charge in [-0.15, -0.1) is 10.2 Å². The van der Waals surface area contributed by atoms with Gasteiger partial charge in [0.1, 0.15) is 5.01 Å². The molecule has 0 atom stereocenters. The Hall–Kier alpha value is -2.53. The number of aromatic nitrogens is 2. The molecule has 1 aromatic heterocycles.